The standard InChI is InChI=1S/C18H22N2O2/c1-3-12-22-16-11-7-10-15(13-16)20-17(21)18(2,19)14-8-5-4-6-9-14/h4-11,13H,3,12,19H2,1-2H3,(H,20,21). The molecule has 0 bridgehead atoms. The van der Waals surface area contributed by atoms with Crippen LogP contribution in [0.25, 0.3) is 0 Å². The predicted octanol–water partition coefficient (Wildman–Crippen LogP) is 3.29. The van der Waals surface area contributed by atoms with Crippen molar-refractivity contribution in [3.05, 3.63) is 60.2 Å². The van der Waals surface area contributed by atoms with Crippen LogP contribution in [0, 0.1) is 0 Å². The van der Waals surface area contributed by atoms with Crippen LogP contribution < -0.4 is 15.8 Å². The van der Waals surface area contributed by atoms with E-state index in [1.54, 1.807) is 13.0 Å². The van der Waals surface area contributed by atoms with Crippen LogP contribution in [0.2, 0.25) is 0 Å². The van der Waals surface area contributed by atoms with Gasteiger partial charge in [-0.15, -0.1) is 0 Å². The second-order valence-electron chi connectivity index (χ2n) is 5.40. The minimum Gasteiger partial charge on any atom is -0.494 e. The van der Waals surface area contributed by atoms with Crippen LogP contribution in [0.4, 0.5) is 5.69 Å². The third-order valence-corrected chi connectivity index (χ3v) is 3.41. The number of hydrogen-bond acceptors (Lipinski definition) is 3. The number of nitrogens with one attached hydrogen (secondary N) is 1. The van der Waals surface area contributed by atoms with Crippen LogP contribution >= 0.6 is 0 Å². The summed E-state index contributed by atoms with van der Waals surface area (Å²) >= 11 is 0. The summed E-state index contributed by atoms with van der Waals surface area (Å²) in [5.74, 6) is 0.476. The van der Waals surface area contributed by atoms with Crippen molar-refractivity contribution in [1.82, 2.24) is 0 Å². The minimum absolute atomic E-state index is 0.258. The lowest BCUT2D eigenvalue weighted by Crippen LogP contribution is -2.45. The van der Waals surface area contributed by atoms with E-state index in [4.69, 9.17) is 10.5 Å². The van der Waals surface area contributed by atoms with E-state index in [2.05, 4.69) is 5.32 Å². The van der Waals surface area contributed by atoms with Gasteiger partial charge < -0.3 is 15.8 Å². The van der Waals surface area contributed by atoms with E-state index in [0.29, 0.717) is 12.3 Å². The second kappa shape index (κ2) is 7.09. The van der Waals surface area contributed by atoms with Crippen molar-refractivity contribution in [2.45, 2.75) is 25.8 Å². The zero-order valence-electron chi connectivity index (χ0n) is 13.0. The van der Waals surface area contributed by atoms with Gasteiger partial charge in [-0.3, -0.25) is 4.79 Å². The molecule has 0 aliphatic rings. The average molecular weight is 298 g/mol. The van der Waals surface area contributed by atoms with Crippen LogP contribution in [0.3, 0.4) is 0 Å². The monoisotopic (exact) mass is 298 g/mol. The Morgan fingerprint density at radius 2 is 1.91 bits per heavy atom. The first-order chi connectivity index (χ1) is 10.5. The first-order valence-corrected chi connectivity index (χ1v) is 7.42. The molecule has 1 amide bonds. The van der Waals surface area contributed by atoms with Gasteiger partial charge in [0.25, 0.3) is 0 Å². The van der Waals surface area contributed by atoms with Gasteiger partial charge in [0.1, 0.15) is 11.3 Å². The Bertz CT molecular complexity index is 624. The average Bonchev–Trinajstić information content (AvgIpc) is 2.54. The second-order valence-corrected chi connectivity index (χ2v) is 5.40. The topological polar surface area (TPSA) is 64.3 Å². The molecule has 22 heavy (non-hydrogen) atoms. The normalized spacial score (nSPS) is 13.2. The number of carbonyl (C=O) groups is 1. The zero-order chi connectivity index (χ0) is 16.0. The number of amides is 1. The number of rotatable bonds is 6. The fourth-order valence-electron chi connectivity index (χ4n) is 2.06. The number of carbonyl (C=O) groups excluding carboxylic acids is 1. The van der Waals surface area contributed by atoms with Gasteiger partial charge in [-0.05, 0) is 31.0 Å². The van der Waals surface area contributed by atoms with Crippen molar-refractivity contribution >= 4 is 11.6 Å². The Morgan fingerprint density at radius 1 is 1.18 bits per heavy atom. The van der Waals surface area contributed by atoms with Gasteiger partial charge in [0.05, 0.1) is 6.61 Å². The van der Waals surface area contributed by atoms with E-state index < -0.39 is 5.54 Å². The molecule has 0 radical (unpaired) electrons. The molecular formula is C18H22N2O2. The Kier molecular flexibility index (Phi) is 5.17. The summed E-state index contributed by atoms with van der Waals surface area (Å²) in [4.78, 5) is 12.5. The SMILES string of the molecule is CCCOc1cccc(NC(=O)C(C)(N)c2ccccc2)c1. The highest BCUT2D eigenvalue weighted by atomic mass is 16.5. The highest BCUT2D eigenvalue weighted by Gasteiger charge is 2.30. The predicted molar refractivity (Wildman–Crippen MR) is 88.8 cm³/mol. The molecule has 1 atom stereocenters. The summed E-state index contributed by atoms with van der Waals surface area (Å²) in [5.41, 5.74) is 6.55. The van der Waals surface area contributed by atoms with Gasteiger partial charge in [0.15, 0.2) is 0 Å². The zero-order valence-corrected chi connectivity index (χ0v) is 13.0. The molecule has 0 saturated heterocycles. The van der Waals surface area contributed by atoms with Crippen molar-refractivity contribution in [1.29, 1.82) is 0 Å². The van der Waals surface area contributed by atoms with Crippen molar-refractivity contribution in [3.63, 3.8) is 0 Å². The van der Waals surface area contributed by atoms with E-state index in [9.17, 15) is 4.79 Å². The van der Waals surface area contributed by atoms with Gasteiger partial charge in [-0.25, -0.2) is 0 Å². The number of anilines is 1. The van der Waals surface area contributed by atoms with Crippen LogP contribution in [0.5, 0.6) is 5.75 Å². The maximum Gasteiger partial charge on any atom is 0.248 e. The Labute approximate surface area is 131 Å². The van der Waals surface area contributed by atoms with Crippen molar-refractivity contribution < 1.29 is 9.53 Å². The lowest BCUT2D eigenvalue weighted by Gasteiger charge is -2.24. The molecule has 3 N–H and O–H groups in total. The van der Waals surface area contributed by atoms with Crippen molar-refractivity contribution in [3.8, 4) is 5.75 Å². The molecule has 0 fully saturated rings. The summed E-state index contributed by atoms with van der Waals surface area (Å²) in [6.07, 6.45) is 0.936. The van der Waals surface area contributed by atoms with Gasteiger partial charge >= 0.3 is 0 Å². The summed E-state index contributed by atoms with van der Waals surface area (Å²) in [7, 11) is 0. The highest BCUT2D eigenvalue weighted by Crippen LogP contribution is 2.22. The number of benzene rings is 2. The summed E-state index contributed by atoms with van der Waals surface area (Å²) in [6, 6.07) is 16.7. The maximum atomic E-state index is 12.5. The first-order valence-electron chi connectivity index (χ1n) is 7.42. The molecule has 0 spiro atoms. The molecular weight excluding hydrogens is 276 g/mol. The summed E-state index contributed by atoms with van der Waals surface area (Å²) < 4.78 is 5.57. The quantitative estimate of drug-likeness (QED) is 0.860. The summed E-state index contributed by atoms with van der Waals surface area (Å²) in [5, 5.41) is 2.85. The molecule has 4 nitrogen and oxygen atoms in total. The van der Waals surface area contributed by atoms with Gasteiger partial charge in [-0.1, -0.05) is 43.3 Å². The van der Waals surface area contributed by atoms with E-state index in [-0.39, 0.29) is 5.91 Å². The molecule has 0 aliphatic heterocycles. The van der Waals surface area contributed by atoms with Crippen molar-refractivity contribution in [2.75, 3.05) is 11.9 Å². The third-order valence-electron chi connectivity index (χ3n) is 3.41. The first kappa shape index (κ1) is 16.0. The van der Waals surface area contributed by atoms with E-state index >= 15 is 0 Å². The lowest BCUT2D eigenvalue weighted by atomic mass is 9.92. The Balaban J connectivity index is 2.11. The van der Waals surface area contributed by atoms with E-state index in [1.807, 2.05) is 55.5 Å². The fourth-order valence-corrected chi connectivity index (χ4v) is 2.06. The van der Waals surface area contributed by atoms with E-state index in [0.717, 1.165) is 17.7 Å². The molecule has 4 heteroatoms. The largest absolute Gasteiger partial charge is 0.494 e. The van der Waals surface area contributed by atoms with Crippen LogP contribution in [-0.2, 0) is 10.3 Å². The Morgan fingerprint density at radius 3 is 2.59 bits per heavy atom. The molecule has 0 heterocycles. The van der Waals surface area contributed by atoms with Crippen LogP contribution in [0.15, 0.2) is 54.6 Å². The minimum atomic E-state index is -1.10. The maximum absolute atomic E-state index is 12.5. The fraction of sp³-hybridized carbons (Fsp3) is 0.278. The van der Waals surface area contributed by atoms with E-state index in [1.165, 1.54) is 0 Å². The van der Waals surface area contributed by atoms with Crippen molar-refractivity contribution in [2.24, 2.45) is 5.73 Å². The molecule has 2 aromatic rings. The third kappa shape index (κ3) is 3.86. The molecule has 0 saturated carbocycles. The van der Waals surface area contributed by atoms with Gasteiger partial charge in [0.2, 0.25) is 5.91 Å². The number of hydrogen-bond donors (Lipinski definition) is 2. The van der Waals surface area contributed by atoms with Gasteiger partial charge in [0, 0.05) is 11.8 Å². The molecule has 0 aromatic heterocycles. The Hall–Kier alpha value is -2.33. The molecule has 0 aliphatic carbocycles. The number of nitrogens with two attached hydrogens (primary N) is 1. The highest BCUT2D eigenvalue weighted by molar-refractivity contribution is 5.98. The summed E-state index contributed by atoms with van der Waals surface area (Å²) in [6.45, 7) is 4.40. The number of ether oxygens (including phenoxy) is 1. The van der Waals surface area contributed by atoms with Crippen LogP contribution in [0.1, 0.15) is 25.8 Å². The smallest absolute Gasteiger partial charge is 0.248 e. The molecule has 2 aromatic carbocycles. The van der Waals surface area contributed by atoms with Gasteiger partial charge in [-0.2, -0.15) is 0 Å². The molecule has 1 unspecified atom stereocenters. The van der Waals surface area contributed by atoms with Crippen LogP contribution in [-0.4, -0.2) is 12.5 Å². The molecule has 116 valence electrons. The molecule has 2 rings (SSSR count). The lowest BCUT2D eigenvalue weighted by molar-refractivity contribution is -0.120.